The highest BCUT2D eigenvalue weighted by molar-refractivity contribution is 7.85. The van der Waals surface area contributed by atoms with Crippen LogP contribution in [0.3, 0.4) is 0 Å². The molecule has 1 saturated heterocycles. The van der Waals surface area contributed by atoms with Crippen LogP contribution in [0, 0.1) is 0 Å². The monoisotopic (exact) mass is 882 g/mol. The van der Waals surface area contributed by atoms with Gasteiger partial charge in [0.05, 0.1) is 35.7 Å². The predicted octanol–water partition coefficient (Wildman–Crippen LogP) is 8.69. The van der Waals surface area contributed by atoms with Gasteiger partial charge in [0.1, 0.15) is 18.1 Å². The maximum Gasteiger partial charge on any atom is 0.333 e. The fourth-order valence-electron chi connectivity index (χ4n) is 8.64. The molecule has 7 rings (SSSR count). The average Bonchev–Trinajstić information content (AvgIpc) is 3.67. The molecule has 4 aliphatic heterocycles. The number of carbonyl (C=O) groups is 3. The van der Waals surface area contributed by atoms with Crippen molar-refractivity contribution in [2.75, 3.05) is 44.9 Å². The lowest BCUT2D eigenvalue weighted by Crippen LogP contribution is -2.46. The summed E-state index contributed by atoms with van der Waals surface area (Å²) in [6.45, 7) is 17.3. The predicted molar refractivity (Wildman–Crippen MR) is 243 cm³/mol. The van der Waals surface area contributed by atoms with E-state index >= 15 is 0 Å². The third kappa shape index (κ3) is 10.2. The number of anilines is 1. The Morgan fingerprint density at radius 2 is 1.63 bits per heavy atom. The number of unbranched alkanes of at least 4 members (excludes halogenated alkanes) is 2. The lowest BCUT2D eigenvalue weighted by atomic mass is 9.80. The van der Waals surface area contributed by atoms with E-state index in [4.69, 9.17) is 19.0 Å². The molecule has 336 valence electrons. The minimum Gasteiger partial charge on any atom is -0.456 e. The Bertz CT molecular complexity index is 2470. The number of hydroxylamine groups is 2. The number of amides is 2. The van der Waals surface area contributed by atoms with E-state index in [0.717, 1.165) is 50.5 Å². The Balaban J connectivity index is 0.00000326. The maximum absolute atomic E-state index is 12.5. The van der Waals surface area contributed by atoms with Crippen LogP contribution in [0.4, 0.5) is 11.4 Å². The van der Waals surface area contributed by atoms with Gasteiger partial charge in [0.25, 0.3) is 21.9 Å². The Hall–Kier alpha value is -5.41. The highest BCUT2D eigenvalue weighted by Crippen LogP contribution is 2.48. The zero-order valence-corrected chi connectivity index (χ0v) is 38.5. The number of nitrogens with zero attached hydrogens (tertiary/aromatic N) is 3. The van der Waals surface area contributed by atoms with Crippen LogP contribution in [-0.2, 0) is 44.2 Å². The van der Waals surface area contributed by atoms with E-state index in [1.54, 1.807) is 19.2 Å². The Morgan fingerprint density at radius 1 is 0.921 bits per heavy atom. The largest absolute Gasteiger partial charge is 0.456 e. The number of hydrogen-bond donors (Lipinski definition) is 1. The number of ether oxygens (including phenoxy) is 3. The van der Waals surface area contributed by atoms with Crippen molar-refractivity contribution in [3.05, 3.63) is 101 Å². The summed E-state index contributed by atoms with van der Waals surface area (Å²) in [5, 5.41) is 0.568. The van der Waals surface area contributed by atoms with Crippen molar-refractivity contribution in [1.29, 1.82) is 0 Å². The van der Waals surface area contributed by atoms with Crippen LogP contribution in [0.2, 0.25) is 0 Å². The first-order chi connectivity index (χ1) is 30.0. The molecule has 14 heteroatoms. The number of benzene rings is 3. The number of rotatable bonds is 16. The van der Waals surface area contributed by atoms with Crippen LogP contribution in [-0.4, -0.2) is 91.7 Å². The highest BCUT2D eigenvalue weighted by Gasteiger charge is 2.46. The van der Waals surface area contributed by atoms with E-state index in [2.05, 4.69) is 54.5 Å². The lowest BCUT2D eigenvalue weighted by molar-refractivity contribution is -0.438. The van der Waals surface area contributed by atoms with Crippen molar-refractivity contribution in [2.24, 2.45) is 0 Å². The number of hydrogen-bond acceptors (Lipinski definition) is 10. The van der Waals surface area contributed by atoms with E-state index in [1.165, 1.54) is 6.07 Å². The fraction of sp³-hybridized carbons (Fsp3) is 0.429. The number of carbonyl (C=O) groups excluding carboxylic acids is 3. The molecule has 0 saturated carbocycles. The van der Waals surface area contributed by atoms with Crippen LogP contribution in [0.25, 0.3) is 16.9 Å². The summed E-state index contributed by atoms with van der Waals surface area (Å²) in [4.78, 5) is 43.6. The van der Waals surface area contributed by atoms with Gasteiger partial charge in [-0.15, -0.1) is 5.06 Å². The van der Waals surface area contributed by atoms with Gasteiger partial charge < -0.3 is 23.9 Å². The number of allylic oxidation sites excluding steroid dienone is 4. The minimum atomic E-state index is -4.48. The van der Waals surface area contributed by atoms with Gasteiger partial charge in [-0.1, -0.05) is 50.3 Å². The first-order valence-corrected chi connectivity index (χ1v) is 23.2. The molecule has 3 aromatic rings. The molecule has 0 radical (unpaired) electrons. The quantitative estimate of drug-likeness (QED) is 0.0637. The molecule has 0 atom stereocenters. The van der Waals surface area contributed by atoms with Gasteiger partial charge in [0.15, 0.2) is 5.71 Å². The molecule has 13 nitrogen and oxygen atoms in total. The summed E-state index contributed by atoms with van der Waals surface area (Å²) in [5.74, 6) is -0.301. The molecular formula is C49H60N3O10S+. The molecule has 0 spiro atoms. The number of imide groups is 1. The van der Waals surface area contributed by atoms with Crippen LogP contribution in [0.1, 0.15) is 109 Å². The first-order valence-electron chi connectivity index (χ1n) is 21.7. The molecule has 0 unspecified atom stereocenters. The number of methoxy groups -OCH3 is 1. The maximum atomic E-state index is 12.5. The van der Waals surface area contributed by atoms with Crippen molar-refractivity contribution in [2.45, 2.75) is 103 Å². The molecular weight excluding hydrogens is 823 g/mol. The molecule has 0 bridgehead atoms. The van der Waals surface area contributed by atoms with Gasteiger partial charge in [-0.05, 0) is 82.9 Å². The second-order valence-electron chi connectivity index (χ2n) is 16.9. The fourth-order valence-corrected chi connectivity index (χ4v) is 9.15. The SMILES string of the molecule is CC.COCCOCCN1c2cc3c(cc2C(C)=CC1(C)C)/C(=C/C1=[N+](CCCCCC(=O)ON2C(=O)CCC2=O)c2ccc(S(=O)(=O)O)cc2C1(C)C)C=C(c1ccccc1)O3. The topological polar surface area (TPSA) is 152 Å². The molecule has 3 aromatic carbocycles. The van der Waals surface area contributed by atoms with E-state index < -0.39 is 33.3 Å². The first kappa shape index (κ1) is 47.1. The van der Waals surface area contributed by atoms with Crippen molar-refractivity contribution >= 4 is 61.9 Å². The van der Waals surface area contributed by atoms with Crippen LogP contribution < -0.4 is 9.64 Å². The summed E-state index contributed by atoms with van der Waals surface area (Å²) in [6.07, 6.45) is 8.33. The normalized spacial score (nSPS) is 18.0. The van der Waals surface area contributed by atoms with Gasteiger partial charge in [0, 0.05) is 85.5 Å². The Labute approximate surface area is 371 Å². The van der Waals surface area contributed by atoms with Gasteiger partial charge >= 0.3 is 5.97 Å². The van der Waals surface area contributed by atoms with E-state index in [-0.39, 0.29) is 29.7 Å². The summed E-state index contributed by atoms with van der Waals surface area (Å²) >= 11 is 0. The van der Waals surface area contributed by atoms with Gasteiger partial charge in [-0.2, -0.15) is 13.0 Å². The van der Waals surface area contributed by atoms with Crippen molar-refractivity contribution < 1.29 is 51.0 Å². The minimum absolute atomic E-state index is 0.0319. The standard InChI is InChI=1S/C47H53N3O10S.C2H6/c1-31-30-46(2,3)49(21-22-58-24-23-57-6)39-29-41-36(28-35(31)39)33(25-40(59-41)32-13-9-7-10-14-32)26-42-47(4,5)37-27-34(61(54,55)56)16-17-38(37)48(42)20-12-8-11-15-45(53)60-50-43(51)18-19-44(50)52;1-2/h7,9-10,13-14,16-17,25-30H,8,11-12,15,18-24H2,1-6H3;1-2H3/p+1. The molecule has 2 amide bonds. The van der Waals surface area contributed by atoms with Gasteiger partial charge in [-0.3, -0.25) is 14.1 Å². The lowest BCUT2D eigenvalue weighted by Gasteiger charge is -2.44. The highest BCUT2D eigenvalue weighted by atomic mass is 32.2. The van der Waals surface area contributed by atoms with Crippen LogP contribution >= 0.6 is 0 Å². The third-order valence-electron chi connectivity index (χ3n) is 11.8. The zero-order chi connectivity index (χ0) is 45.7. The summed E-state index contributed by atoms with van der Waals surface area (Å²) < 4.78 is 54.9. The number of fused-ring (bicyclic) bond motifs is 3. The van der Waals surface area contributed by atoms with Crippen molar-refractivity contribution in [3.8, 4) is 5.75 Å². The second-order valence-corrected chi connectivity index (χ2v) is 18.3. The van der Waals surface area contributed by atoms with Crippen molar-refractivity contribution in [1.82, 2.24) is 5.06 Å². The summed E-state index contributed by atoms with van der Waals surface area (Å²) in [5.41, 5.74) is 7.40. The molecule has 63 heavy (non-hydrogen) atoms. The zero-order valence-electron chi connectivity index (χ0n) is 37.7. The molecule has 1 fully saturated rings. The molecule has 4 aliphatic rings. The second kappa shape index (κ2) is 19.5. The van der Waals surface area contributed by atoms with E-state index in [9.17, 15) is 27.4 Å². The van der Waals surface area contributed by atoms with Crippen LogP contribution in [0.5, 0.6) is 5.75 Å². The smallest absolute Gasteiger partial charge is 0.333 e. The summed E-state index contributed by atoms with van der Waals surface area (Å²) in [7, 11) is -2.82. The molecule has 1 N–H and O–H groups in total. The molecule has 0 aliphatic carbocycles. The van der Waals surface area contributed by atoms with Crippen LogP contribution in [0.15, 0.2) is 83.8 Å². The average molecular weight is 883 g/mol. The molecule has 4 heterocycles. The molecule has 0 aromatic heterocycles. The van der Waals surface area contributed by atoms with E-state index in [0.29, 0.717) is 68.7 Å². The van der Waals surface area contributed by atoms with Gasteiger partial charge in [-0.25, -0.2) is 4.79 Å². The summed E-state index contributed by atoms with van der Waals surface area (Å²) in [6, 6.07) is 18.9. The third-order valence-corrected chi connectivity index (χ3v) is 12.6. The van der Waals surface area contributed by atoms with E-state index in [1.807, 2.05) is 64.1 Å². The van der Waals surface area contributed by atoms with Crippen molar-refractivity contribution in [3.63, 3.8) is 0 Å². The van der Waals surface area contributed by atoms with Gasteiger partial charge in [0.2, 0.25) is 5.69 Å². The Morgan fingerprint density at radius 3 is 2.32 bits per heavy atom. The Kier molecular flexibility index (Phi) is 14.6.